The van der Waals surface area contributed by atoms with Gasteiger partial charge in [-0.15, -0.1) is 0 Å². The minimum Gasteiger partial charge on any atom is -0.303 e. The van der Waals surface area contributed by atoms with Crippen LogP contribution in [0.1, 0.15) is 44.9 Å². The molecule has 24 heavy (non-hydrogen) atoms. The Labute approximate surface area is 154 Å². The lowest BCUT2D eigenvalue weighted by molar-refractivity contribution is 0.161. The number of benzene rings is 1. The predicted octanol–water partition coefficient (Wildman–Crippen LogP) is 3.77. The standard InChI is InChI=1S/C18H27BrN2O2S/c19-17-8-4-5-9-18(17)24(22,23)20-16-10-12-21(13-11-16)14-15-6-2-1-3-7-15/h4-5,8-9,15-16,20H,1-3,6-7,10-14H2. The second kappa shape index (κ2) is 8.30. The summed E-state index contributed by atoms with van der Waals surface area (Å²) in [6, 6.07) is 7.04. The van der Waals surface area contributed by atoms with Crippen LogP contribution in [-0.2, 0) is 10.0 Å². The smallest absolute Gasteiger partial charge is 0.241 e. The molecule has 3 rings (SSSR count). The molecular formula is C18H27BrN2O2S. The minimum atomic E-state index is -3.45. The Morgan fingerprint density at radius 1 is 1.04 bits per heavy atom. The molecule has 1 aliphatic carbocycles. The Kier molecular flexibility index (Phi) is 6.35. The molecule has 1 aliphatic heterocycles. The van der Waals surface area contributed by atoms with E-state index in [9.17, 15) is 8.42 Å². The van der Waals surface area contributed by atoms with Crippen molar-refractivity contribution in [2.24, 2.45) is 5.92 Å². The summed E-state index contributed by atoms with van der Waals surface area (Å²) in [5.74, 6) is 0.854. The molecule has 1 aromatic carbocycles. The lowest BCUT2D eigenvalue weighted by Gasteiger charge is -2.35. The van der Waals surface area contributed by atoms with E-state index >= 15 is 0 Å². The van der Waals surface area contributed by atoms with Crippen LogP contribution in [0, 0.1) is 5.92 Å². The zero-order chi connectivity index (χ0) is 17.0. The van der Waals surface area contributed by atoms with Crippen LogP contribution < -0.4 is 4.72 Å². The van der Waals surface area contributed by atoms with Gasteiger partial charge < -0.3 is 4.90 Å². The van der Waals surface area contributed by atoms with Crippen molar-refractivity contribution >= 4 is 26.0 Å². The van der Waals surface area contributed by atoms with Crippen LogP contribution in [-0.4, -0.2) is 39.0 Å². The summed E-state index contributed by atoms with van der Waals surface area (Å²) in [7, 11) is -3.45. The largest absolute Gasteiger partial charge is 0.303 e. The van der Waals surface area contributed by atoms with Crippen molar-refractivity contribution in [3.63, 3.8) is 0 Å². The number of halogens is 1. The number of hydrogen-bond acceptors (Lipinski definition) is 3. The number of rotatable bonds is 5. The summed E-state index contributed by atoms with van der Waals surface area (Å²) < 4.78 is 28.6. The molecule has 1 saturated carbocycles. The first-order valence-electron chi connectivity index (χ1n) is 9.04. The lowest BCUT2D eigenvalue weighted by Crippen LogP contribution is -2.45. The van der Waals surface area contributed by atoms with Crippen molar-refractivity contribution in [1.29, 1.82) is 0 Å². The van der Waals surface area contributed by atoms with Crippen LogP contribution >= 0.6 is 15.9 Å². The molecule has 134 valence electrons. The van der Waals surface area contributed by atoms with E-state index < -0.39 is 10.0 Å². The molecule has 0 amide bonds. The first-order valence-corrected chi connectivity index (χ1v) is 11.3. The van der Waals surface area contributed by atoms with E-state index in [0.717, 1.165) is 31.8 Å². The fourth-order valence-electron chi connectivity index (χ4n) is 3.91. The molecular weight excluding hydrogens is 388 g/mol. The number of nitrogens with zero attached hydrogens (tertiary/aromatic N) is 1. The van der Waals surface area contributed by atoms with Gasteiger partial charge in [-0.05, 0) is 72.8 Å². The third kappa shape index (κ3) is 4.81. The topological polar surface area (TPSA) is 49.4 Å². The monoisotopic (exact) mass is 414 g/mol. The zero-order valence-corrected chi connectivity index (χ0v) is 16.5. The van der Waals surface area contributed by atoms with Gasteiger partial charge >= 0.3 is 0 Å². The fraction of sp³-hybridized carbons (Fsp3) is 0.667. The molecule has 4 nitrogen and oxygen atoms in total. The van der Waals surface area contributed by atoms with Gasteiger partial charge in [0.25, 0.3) is 0 Å². The van der Waals surface area contributed by atoms with Crippen molar-refractivity contribution in [3.8, 4) is 0 Å². The second-order valence-electron chi connectivity index (χ2n) is 7.13. The quantitative estimate of drug-likeness (QED) is 0.797. The Hall–Kier alpha value is -0.430. The van der Waals surface area contributed by atoms with Crippen molar-refractivity contribution in [3.05, 3.63) is 28.7 Å². The molecule has 0 radical (unpaired) electrons. The Morgan fingerprint density at radius 2 is 1.71 bits per heavy atom. The molecule has 2 aliphatic rings. The molecule has 1 saturated heterocycles. The van der Waals surface area contributed by atoms with Crippen LogP contribution in [0.15, 0.2) is 33.6 Å². The van der Waals surface area contributed by atoms with Crippen LogP contribution in [0.4, 0.5) is 0 Å². The van der Waals surface area contributed by atoms with E-state index in [4.69, 9.17) is 0 Å². The molecule has 0 bridgehead atoms. The summed E-state index contributed by atoms with van der Waals surface area (Å²) in [4.78, 5) is 2.86. The van der Waals surface area contributed by atoms with E-state index in [0.29, 0.717) is 9.37 Å². The third-order valence-electron chi connectivity index (χ3n) is 5.28. The van der Waals surface area contributed by atoms with Gasteiger partial charge in [-0.3, -0.25) is 0 Å². The Balaban J connectivity index is 1.51. The molecule has 1 aromatic rings. The normalized spacial score (nSPS) is 21.9. The van der Waals surface area contributed by atoms with Crippen molar-refractivity contribution in [2.75, 3.05) is 19.6 Å². The van der Waals surface area contributed by atoms with Crippen LogP contribution in [0.2, 0.25) is 0 Å². The summed E-state index contributed by atoms with van der Waals surface area (Å²) in [5.41, 5.74) is 0. The number of nitrogens with one attached hydrogen (secondary N) is 1. The highest BCUT2D eigenvalue weighted by Crippen LogP contribution is 2.26. The highest BCUT2D eigenvalue weighted by atomic mass is 79.9. The van der Waals surface area contributed by atoms with Gasteiger partial charge in [0.15, 0.2) is 0 Å². The average Bonchev–Trinajstić information content (AvgIpc) is 2.58. The SMILES string of the molecule is O=S(=O)(NC1CCN(CC2CCCCC2)CC1)c1ccccc1Br. The molecule has 1 heterocycles. The number of hydrogen-bond donors (Lipinski definition) is 1. The summed E-state index contributed by atoms with van der Waals surface area (Å²) in [6.07, 6.45) is 8.70. The fourth-order valence-corrected chi connectivity index (χ4v) is 6.22. The highest BCUT2D eigenvalue weighted by Gasteiger charge is 2.27. The first-order chi connectivity index (χ1) is 11.5. The van der Waals surface area contributed by atoms with Gasteiger partial charge in [0.1, 0.15) is 0 Å². The highest BCUT2D eigenvalue weighted by molar-refractivity contribution is 9.10. The van der Waals surface area contributed by atoms with Crippen LogP contribution in [0.3, 0.4) is 0 Å². The molecule has 2 fully saturated rings. The van der Waals surface area contributed by atoms with Gasteiger partial charge in [-0.2, -0.15) is 0 Å². The van der Waals surface area contributed by atoms with E-state index in [-0.39, 0.29) is 6.04 Å². The first kappa shape index (κ1) is 18.4. The summed E-state index contributed by atoms with van der Waals surface area (Å²) >= 11 is 3.33. The molecule has 0 aromatic heterocycles. The third-order valence-corrected chi connectivity index (χ3v) is 7.81. The van der Waals surface area contributed by atoms with Crippen molar-refractivity contribution < 1.29 is 8.42 Å². The number of sulfonamides is 1. The van der Waals surface area contributed by atoms with Gasteiger partial charge in [0.05, 0.1) is 4.90 Å². The molecule has 1 N–H and O–H groups in total. The van der Waals surface area contributed by atoms with E-state index in [1.807, 2.05) is 6.07 Å². The number of piperidine rings is 1. The Bertz CT molecular complexity index is 636. The van der Waals surface area contributed by atoms with Gasteiger partial charge in [0, 0.05) is 17.1 Å². The lowest BCUT2D eigenvalue weighted by atomic mass is 9.88. The minimum absolute atomic E-state index is 0.0460. The predicted molar refractivity (Wildman–Crippen MR) is 101 cm³/mol. The van der Waals surface area contributed by atoms with Crippen molar-refractivity contribution in [1.82, 2.24) is 9.62 Å². The maximum atomic E-state index is 12.6. The molecule has 6 heteroatoms. The zero-order valence-electron chi connectivity index (χ0n) is 14.1. The van der Waals surface area contributed by atoms with Crippen LogP contribution in [0.5, 0.6) is 0 Å². The molecule has 0 atom stereocenters. The van der Waals surface area contributed by atoms with E-state index in [1.54, 1.807) is 18.2 Å². The molecule has 0 unspecified atom stereocenters. The van der Waals surface area contributed by atoms with Gasteiger partial charge in [-0.1, -0.05) is 31.4 Å². The van der Waals surface area contributed by atoms with E-state index in [1.165, 1.54) is 38.6 Å². The summed E-state index contributed by atoms with van der Waals surface area (Å²) in [6.45, 7) is 3.20. The average molecular weight is 415 g/mol. The van der Waals surface area contributed by atoms with Gasteiger partial charge in [0.2, 0.25) is 10.0 Å². The van der Waals surface area contributed by atoms with Crippen LogP contribution in [0.25, 0.3) is 0 Å². The maximum Gasteiger partial charge on any atom is 0.241 e. The maximum absolute atomic E-state index is 12.6. The number of likely N-dealkylation sites (tertiary alicyclic amines) is 1. The van der Waals surface area contributed by atoms with E-state index in [2.05, 4.69) is 25.6 Å². The summed E-state index contributed by atoms with van der Waals surface area (Å²) in [5, 5.41) is 0. The van der Waals surface area contributed by atoms with Crippen molar-refractivity contribution in [2.45, 2.75) is 55.9 Å². The second-order valence-corrected chi connectivity index (χ2v) is 9.67. The molecule has 0 spiro atoms. The van der Waals surface area contributed by atoms with Gasteiger partial charge in [-0.25, -0.2) is 13.1 Å². The Morgan fingerprint density at radius 3 is 2.38 bits per heavy atom.